The molecule has 2 rings (SSSR count). The van der Waals surface area contributed by atoms with E-state index in [1.54, 1.807) is 12.0 Å². The number of methoxy groups -OCH3 is 1. The van der Waals surface area contributed by atoms with E-state index >= 15 is 0 Å². The first-order valence-corrected chi connectivity index (χ1v) is 11.2. The van der Waals surface area contributed by atoms with Gasteiger partial charge in [-0.3, -0.25) is 9.59 Å². The average molecular weight is 441 g/mol. The third-order valence-corrected chi connectivity index (χ3v) is 4.94. The summed E-state index contributed by atoms with van der Waals surface area (Å²) < 4.78 is 10.9. The number of ether oxygens (including phenoxy) is 2. The number of hydrogen-bond donors (Lipinski definition) is 1. The van der Waals surface area contributed by atoms with Crippen molar-refractivity contribution in [3.8, 4) is 11.5 Å². The highest BCUT2D eigenvalue weighted by Gasteiger charge is 2.30. The molecule has 0 heterocycles. The lowest BCUT2D eigenvalue weighted by Crippen LogP contribution is -2.53. The van der Waals surface area contributed by atoms with Crippen LogP contribution in [0, 0.1) is 0 Å². The van der Waals surface area contributed by atoms with Gasteiger partial charge in [-0.15, -0.1) is 0 Å². The van der Waals surface area contributed by atoms with Crippen LogP contribution in [0.25, 0.3) is 0 Å². The van der Waals surface area contributed by atoms with Gasteiger partial charge in [0.2, 0.25) is 11.8 Å². The lowest BCUT2D eigenvalue weighted by Gasteiger charge is -2.33. The molecule has 32 heavy (non-hydrogen) atoms. The minimum Gasteiger partial charge on any atom is -0.497 e. The third-order valence-electron chi connectivity index (χ3n) is 4.94. The van der Waals surface area contributed by atoms with E-state index in [0.29, 0.717) is 32.4 Å². The van der Waals surface area contributed by atoms with Crippen molar-refractivity contribution in [3.63, 3.8) is 0 Å². The zero-order chi connectivity index (χ0) is 23.6. The molecular weight excluding hydrogens is 404 g/mol. The molecule has 0 aromatic heterocycles. The maximum absolute atomic E-state index is 13.2. The molecule has 0 unspecified atom stereocenters. The van der Waals surface area contributed by atoms with Crippen molar-refractivity contribution in [2.45, 2.75) is 65.1 Å². The van der Waals surface area contributed by atoms with Gasteiger partial charge in [0.1, 0.15) is 17.5 Å². The van der Waals surface area contributed by atoms with Crippen LogP contribution in [-0.2, 0) is 16.1 Å². The maximum atomic E-state index is 13.2. The van der Waals surface area contributed by atoms with Crippen molar-refractivity contribution in [3.05, 3.63) is 60.2 Å². The molecule has 6 heteroatoms. The van der Waals surface area contributed by atoms with Crippen LogP contribution >= 0.6 is 0 Å². The highest BCUT2D eigenvalue weighted by atomic mass is 16.5. The molecule has 2 aromatic rings. The van der Waals surface area contributed by atoms with Crippen LogP contribution < -0.4 is 14.8 Å². The predicted molar refractivity (Wildman–Crippen MR) is 127 cm³/mol. The quantitative estimate of drug-likeness (QED) is 0.520. The molecule has 0 radical (unpaired) electrons. The van der Waals surface area contributed by atoms with Crippen molar-refractivity contribution in [2.24, 2.45) is 0 Å². The Morgan fingerprint density at radius 3 is 2.19 bits per heavy atom. The lowest BCUT2D eigenvalue weighted by molar-refractivity contribution is -0.142. The predicted octanol–water partition coefficient (Wildman–Crippen LogP) is 4.58. The van der Waals surface area contributed by atoms with Crippen LogP contribution in [0.5, 0.6) is 11.5 Å². The second-order valence-corrected chi connectivity index (χ2v) is 8.80. The van der Waals surface area contributed by atoms with E-state index in [0.717, 1.165) is 17.1 Å². The summed E-state index contributed by atoms with van der Waals surface area (Å²) >= 11 is 0. The highest BCUT2D eigenvalue weighted by molar-refractivity contribution is 5.88. The van der Waals surface area contributed by atoms with Gasteiger partial charge in [-0.25, -0.2) is 0 Å². The Kier molecular flexibility index (Phi) is 9.57. The Balaban J connectivity index is 2.02. The fourth-order valence-corrected chi connectivity index (χ4v) is 3.38. The Hall–Kier alpha value is -3.02. The van der Waals surface area contributed by atoms with Gasteiger partial charge in [-0.1, -0.05) is 37.3 Å². The third kappa shape index (κ3) is 8.25. The second-order valence-electron chi connectivity index (χ2n) is 8.80. The molecule has 0 fully saturated rings. The Morgan fingerprint density at radius 1 is 1.00 bits per heavy atom. The number of amides is 2. The first-order chi connectivity index (χ1) is 15.2. The molecule has 1 N–H and O–H groups in total. The normalized spacial score (nSPS) is 12.0. The van der Waals surface area contributed by atoms with Gasteiger partial charge in [0.15, 0.2) is 0 Å². The number of rotatable bonds is 11. The molecule has 0 aliphatic rings. The molecular formula is C26H36N2O4. The molecule has 0 spiro atoms. The second kappa shape index (κ2) is 12.1. The van der Waals surface area contributed by atoms with Gasteiger partial charge in [-0.05, 0) is 63.4 Å². The largest absolute Gasteiger partial charge is 0.497 e. The topological polar surface area (TPSA) is 67.9 Å². The van der Waals surface area contributed by atoms with Crippen LogP contribution in [0.4, 0.5) is 0 Å². The van der Waals surface area contributed by atoms with Gasteiger partial charge < -0.3 is 19.7 Å². The summed E-state index contributed by atoms with van der Waals surface area (Å²) in [6.07, 6.45) is 1.42. The highest BCUT2D eigenvalue weighted by Crippen LogP contribution is 2.18. The summed E-state index contributed by atoms with van der Waals surface area (Å²) in [5.41, 5.74) is 0.635. The number of hydrogen-bond acceptors (Lipinski definition) is 4. The molecule has 6 nitrogen and oxygen atoms in total. The van der Waals surface area contributed by atoms with Gasteiger partial charge in [0, 0.05) is 18.5 Å². The standard InChI is InChI=1S/C26H36N2O4/c1-6-23(25(30)27-26(2,3)4)28(19-20-11-8-7-9-12-20)24(29)13-10-18-32-22-16-14-21(31-5)15-17-22/h7-9,11-12,14-17,23H,6,10,13,18-19H2,1-5H3,(H,27,30)/t23-/m0/s1. The lowest BCUT2D eigenvalue weighted by atomic mass is 10.0. The van der Waals surface area contributed by atoms with E-state index in [9.17, 15) is 9.59 Å². The van der Waals surface area contributed by atoms with Gasteiger partial charge in [-0.2, -0.15) is 0 Å². The Labute approximate surface area is 191 Å². The molecule has 0 aliphatic carbocycles. The van der Waals surface area contributed by atoms with Crippen LogP contribution in [0.2, 0.25) is 0 Å². The maximum Gasteiger partial charge on any atom is 0.243 e. The van der Waals surface area contributed by atoms with E-state index in [2.05, 4.69) is 5.32 Å². The van der Waals surface area contributed by atoms with Crippen LogP contribution in [0.1, 0.15) is 52.5 Å². The first kappa shape index (κ1) is 25.2. The number of carbonyl (C=O) groups excluding carboxylic acids is 2. The summed E-state index contributed by atoms with van der Waals surface area (Å²) in [4.78, 5) is 27.8. The van der Waals surface area contributed by atoms with Crippen LogP contribution in [0.15, 0.2) is 54.6 Å². The molecule has 0 bridgehead atoms. The fourth-order valence-electron chi connectivity index (χ4n) is 3.38. The smallest absolute Gasteiger partial charge is 0.243 e. The van der Waals surface area contributed by atoms with E-state index in [1.807, 2.05) is 82.3 Å². The average Bonchev–Trinajstić information content (AvgIpc) is 2.76. The molecule has 174 valence electrons. The Bertz CT molecular complexity index is 844. The van der Waals surface area contributed by atoms with E-state index in [1.165, 1.54) is 0 Å². The van der Waals surface area contributed by atoms with Gasteiger partial charge in [0.05, 0.1) is 13.7 Å². The van der Waals surface area contributed by atoms with Gasteiger partial charge in [0.25, 0.3) is 0 Å². The zero-order valence-corrected chi connectivity index (χ0v) is 19.9. The van der Waals surface area contributed by atoms with Crippen LogP contribution in [0.3, 0.4) is 0 Å². The summed E-state index contributed by atoms with van der Waals surface area (Å²) in [6.45, 7) is 8.58. The van der Waals surface area contributed by atoms with Crippen LogP contribution in [-0.4, -0.2) is 42.0 Å². The summed E-state index contributed by atoms with van der Waals surface area (Å²) in [5, 5.41) is 3.02. The van der Waals surface area contributed by atoms with Crippen molar-refractivity contribution >= 4 is 11.8 Å². The number of carbonyl (C=O) groups is 2. The van der Waals surface area contributed by atoms with E-state index in [4.69, 9.17) is 9.47 Å². The Morgan fingerprint density at radius 2 is 1.62 bits per heavy atom. The molecule has 0 aliphatic heterocycles. The zero-order valence-electron chi connectivity index (χ0n) is 19.9. The molecule has 1 atom stereocenters. The summed E-state index contributed by atoms with van der Waals surface area (Å²) in [6, 6.07) is 16.6. The minimum absolute atomic E-state index is 0.0527. The molecule has 2 aromatic carbocycles. The fraction of sp³-hybridized carbons (Fsp3) is 0.462. The number of nitrogens with zero attached hydrogens (tertiary/aromatic N) is 1. The molecule has 0 saturated heterocycles. The number of benzene rings is 2. The SMILES string of the molecule is CC[C@@H](C(=O)NC(C)(C)C)N(Cc1ccccc1)C(=O)CCCOc1ccc(OC)cc1. The van der Waals surface area contributed by atoms with Crippen molar-refractivity contribution in [1.29, 1.82) is 0 Å². The molecule has 0 saturated carbocycles. The summed E-state index contributed by atoms with van der Waals surface area (Å²) in [5.74, 6) is 1.32. The van der Waals surface area contributed by atoms with Crippen molar-refractivity contribution in [2.75, 3.05) is 13.7 Å². The number of nitrogens with one attached hydrogen (secondary N) is 1. The van der Waals surface area contributed by atoms with E-state index in [-0.39, 0.29) is 17.4 Å². The molecule has 2 amide bonds. The van der Waals surface area contributed by atoms with Crippen molar-refractivity contribution < 1.29 is 19.1 Å². The monoisotopic (exact) mass is 440 g/mol. The van der Waals surface area contributed by atoms with E-state index < -0.39 is 6.04 Å². The first-order valence-electron chi connectivity index (χ1n) is 11.2. The van der Waals surface area contributed by atoms with Crippen molar-refractivity contribution in [1.82, 2.24) is 10.2 Å². The minimum atomic E-state index is -0.524. The summed E-state index contributed by atoms with van der Waals surface area (Å²) in [7, 11) is 1.62. The van der Waals surface area contributed by atoms with Gasteiger partial charge >= 0.3 is 0 Å².